The quantitative estimate of drug-likeness (QED) is 0.127. The van der Waals surface area contributed by atoms with Crippen LogP contribution in [0.5, 0.6) is 0 Å². The first kappa shape index (κ1) is 79.4. The second-order valence-corrected chi connectivity index (χ2v) is 41.6. The lowest BCUT2D eigenvalue weighted by atomic mass is 9.33. The van der Waals surface area contributed by atoms with E-state index in [4.69, 9.17) is 0 Å². The molecular formula is C123H106BN5. The first-order valence-electron chi connectivity index (χ1n) is 46.2. The van der Waals surface area contributed by atoms with Crippen molar-refractivity contribution in [3.05, 3.63) is 408 Å². The number of aromatic nitrogens is 3. The van der Waals surface area contributed by atoms with Gasteiger partial charge in [0, 0.05) is 100 Å². The fraction of sp³-hybridized carbons (Fsp3) is 0.171. The van der Waals surface area contributed by atoms with Gasteiger partial charge >= 0.3 is 0 Å². The molecule has 0 saturated heterocycles. The van der Waals surface area contributed by atoms with Crippen molar-refractivity contribution in [1.29, 1.82) is 0 Å². The van der Waals surface area contributed by atoms with Gasteiger partial charge < -0.3 is 23.5 Å². The summed E-state index contributed by atoms with van der Waals surface area (Å²) < 4.78 is 7.64. The number of hydrogen-bond acceptors (Lipinski definition) is 2. The summed E-state index contributed by atoms with van der Waals surface area (Å²) in [4.78, 5) is 5.53. The second-order valence-electron chi connectivity index (χ2n) is 41.6. The van der Waals surface area contributed by atoms with Gasteiger partial charge in [0.05, 0.1) is 44.5 Å². The molecule has 6 heteroatoms. The van der Waals surface area contributed by atoms with E-state index < -0.39 is 0 Å². The number of para-hydroxylation sites is 6. The van der Waals surface area contributed by atoms with Crippen molar-refractivity contribution in [2.45, 2.75) is 137 Å². The van der Waals surface area contributed by atoms with E-state index in [-0.39, 0.29) is 39.7 Å². The molecule has 0 saturated carbocycles. The Morgan fingerprint density at radius 1 is 0.217 bits per heavy atom. The molecule has 3 aromatic heterocycles. The van der Waals surface area contributed by atoms with Gasteiger partial charge in [0.2, 0.25) is 0 Å². The van der Waals surface area contributed by atoms with Gasteiger partial charge in [-0.05, 0) is 212 Å². The van der Waals surface area contributed by atoms with Crippen LogP contribution < -0.4 is 26.2 Å². The maximum Gasteiger partial charge on any atom is 0.252 e. The summed E-state index contributed by atoms with van der Waals surface area (Å²) in [5.74, 6) is 0.0885. The maximum absolute atomic E-state index is 2.77. The summed E-state index contributed by atoms with van der Waals surface area (Å²) in [5.41, 5.74) is 42.2. The van der Waals surface area contributed by atoms with Crippen molar-refractivity contribution in [3.8, 4) is 72.7 Å². The van der Waals surface area contributed by atoms with Crippen molar-refractivity contribution < 1.29 is 0 Å². The summed E-state index contributed by atoms with van der Waals surface area (Å²) in [6, 6.07) is 141. The highest BCUT2D eigenvalue weighted by Gasteiger charge is 2.47. The molecule has 1 unspecified atom stereocenters. The summed E-state index contributed by atoms with van der Waals surface area (Å²) >= 11 is 0. The summed E-state index contributed by atoms with van der Waals surface area (Å²) in [6.07, 6.45) is 0. The monoisotopic (exact) mass is 1660 g/mol. The Hall–Kier alpha value is -14.2. The fourth-order valence-corrected chi connectivity index (χ4v) is 21.8. The largest absolute Gasteiger partial charge is 0.310 e. The maximum atomic E-state index is 2.77. The predicted octanol–water partition coefficient (Wildman–Crippen LogP) is 31.4. The predicted molar refractivity (Wildman–Crippen MR) is 552 cm³/mol. The van der Waals surface area contributed by atoms with Crippen LogP contribution in [0.1, 0.15) is 154 Å². The van der Waals surface area contributed by atoms with Gasteiger partial charge in [-0.1, -0.05) is 377 Å². The molecule has 0 amide bonds. The van der Waals surface area contributed by atoms with Gasteiger partial charge in [-0.3, -0.25) is 0 Å². The minimum atomic E-state index is -0.385. The van der Waals surface area contributed by atoms with Crippen molar-refractivity contribution >= 4 is 123 Å². The molecule has 0 radical (unpaired) electrons. The van der Waals surface area contributed by atoms with Crippen molar-refractivity contribution in [3.63, 3.8) is 0 Å². The first-order valence-corrected chi connectivity index (χ1v) is 46.2. The molecule has 1 atom stereocenters. The van der Waals surface area contributed by atoms with Gasteiger partial charge in [0.1, 0.15) is 0 Å². The molecule has 23 rings (SSSR count). The van der Waals surface area contributed by atoms with Crippen molar-refractivity contribution in [2.24, 2.45) is 0 Å². The highest BCUT2D eigenvalue weighted by Crippen LogP contribution is 2.57. The van der Waals surface area contributed by atoms with Crippen LogP contribution in [0, 0.1) is 0 Å². The molecule has 0 bridgehead atoms. The lowest BCUT2D eigenvalue weighted by Crippen LogP contribution is -2.61. The molecule has 17 aromatic carbocycles. The Morgan fingerprint density at radius 3 is 0.946 bits per heavy atom. The van der Waals surface area contributed by atoms with Crippen molar-refractivity contribution in [1.82, 2.24) is 13.7 Å². The van der Waals surface area contributed by atoms with Gasteiger partial charge in [0.15, 0.2) is 0 Å². The summed E-state index contributed by atoms with van der Waals surface area (Å²) in [5, 5.41) is 7.28. The zero-order valence-corrected chi connectivity index (χ0v) is 76.5. The standard InChI is InChI=1S/C123H106BN5/c1-119(2,3)81-56-48-76(49-57-81)89-41-30-42-90(77-50-58-82(59-51-77)120(4,5)6)117(89)128-111-70-87(126-106-46-28-24-37-94(106)99-72-102-98(73-108(99)126)93-36-22-23-40-97(93)115(102)80-32-18-16-19-33-80)64-66-103(111)124-104-67-65-88(127-107-47-29-26-39-96(107)101-74-109-100(75-110(101)127)95-38-25-27-45-105(95)125(109)86-34-20-17-21-35-86)71-112(104)129(114-69-85(123(13,14)15)68-113(128)116(114)124)118-91(78-52-60-83(61-53-78)121(7,8)9)43-31-44-92(118)79-54-62-84(63-55-79)122(10,11)12/h16-75,115H,1-15H3. The fourth-order valence-electron chi connectivity index (χ4n) is 21.8. The third kappa shape index (κ3) is 12.8. The van der Waals surface area contributed by atoms with Crippen LogP contribution in [0.4, 0.5) is 34.1 Å². The molecule has 2 aliphatic heterocycles. The lowest BCUT2D eigenvalue weighted by molar-refractivity contribution is 0.590. The molecule has 129 heavy (non-hydrogen) atoms. The Bertz CT molecular complexity index is 7810. The topological polar surface area (TPSA) is 21.3 Å². The molecular weight excluding hydrogens is 1560 g/mol. The van der Waals surface area contributed by atoms with Gasteiger partial charge in [-0.25, -0.2) is 0 Å². The third-order valence-corrected chi connectivity index (χ3v) is 28.5. The molecule has 3 aliphatic rings. The average Bonchev–Trinajstić information content (AvgIpc) is 0.813. The van der Waals surface area contributed by atoms with Crippen molar-refractivity contribution in [2.75, 3.05) is 9.80 Å². The smallest absolute Gasteiger partial charge is 0.252 e. The van der Waals surface area contributed by atoms with Gasteiger partial charge in [0.25, 0.3) is 6.71 Å². The molecule has 1 aliphatic carbocycles. The number of benzene rings is 17. The minimum absolute atomic E-state index is 0.0730. The van der Waals surface area contributed by atoms with E-state index in [2.05, 4.69) is 491 Å². The van der Waals surface area contributed by atoms with Crippen LogP contribution in [0.25, 0.3) is 138 Å². The minimum Gasteiger partial charge on any atom is -0.310 e. The Morgan fingerprint density at radius 2 is 0.550 bits per heavy atom. The molecule has 5 nitrogen and oxygen atoms in total. The molecule has 0 N–H and O–H groups in total. The highest BCUT2D eigenvalue weighted by atomic mass is 15.2. The molecule has 20 aromatic rings. The van der Waals surface area contributed by atoms with E-state index in [1.807, 2.05) is 0 Å². The van der Waals surface area contributed by atoms with Crippen LogP contribution in [0.2, 0.25) is 0 Å². The number of rotatable bonds is 10. The summed E-state index contributed by atoms with van der Waals surface area (Å²) in [7, 11) is 0. The van der Waals surface area contributed by atoms with E-state index in [1.165, 1.54) is 121 Å². The number of anilines is 6. The van der Waals surface area contributed by atoms with Crippen LogP contribution in [0.15, 0.2) is 364 Å². The lowest BCUT2D eigenvalue weighted by Gasteiger charge is -2.46. The molecule has 626 valence electrons. The first-order chi connectivity index (χ1) is 62.2. The zero-order chi connectivity index (χ0) is 88.2. The van der Waals surface area contributed by atoms with E-state index in [1.54, 1.807) is 0 Å². The van der Waals surface area contributed by atoms with Crippen LogP contribution in [-0.4, -0.2) is 20.4 Å². The average molecular weight is 1670 g/mol. The number of hydrogen-bond donors (Lipinski definition) is 0. The Labute approximate surface area is 759 Å². The Balaban J connectivity index is 0.863. The van der Waals surface area contributed by atoms with Gasteiger partial charge in [-0.15, -0.1) is 0 Å². The zero-order valence-electron chi connectivity index (χ0n) is 76.5. The van der Waals surface area contributed by atoms with Crippen LogP contribution in [0.3, 0.4) is 0 Å². The SMILES string of the molecule is CC(C)(C)c1ccc(-c2cccc(-c3ccc(C(C)(C)C)cc3)c2N2c3cc(-n4c5ccccc5c5cc6c(cc54)-c4ccccc4C6c4ccccc4)ccc3B3c4ccc(-n5c6ccccc6c6cc7c(cc65)c5ccccc5n7-c5ccccc5)cc4N(c4c(-c5ccc(C(C)(C)C)cc5)cccc4-c4ccc(C(C)(C)C)cc4)c4cc(C(C)(C)C)cc2c43)cc1. The van der Waals surface area contributed by atoms with E-state index >= 15 is 0 Å². The second kappa shape index (κ2) is 29.2. The van der Waals surface area contributed by atoms with E-state index in [9.17, 15) is 0 Å². The van der Waals surface area contributed by atoms with Crippen LogP contribution >= 0.6 is 0 Å². The van der Waals surface area contributed by atoms with E-state index in [0.29, 0.717) is 0 Å². The number of fused-ring (bicyclic) bond motifs is 16. The van der Waals surface area contributed by atoms with Gasteiger partial charge in [-0.2, -0.15) is 0 Å². The molecule has 0 fully saturated rings. The molecule has 0 spiro atoms. The summed E-state index contributed by atoms with van der Waals surface area (Å²) in [6.45, 7) is 34.9. The van der Waals surface area contributed by atoms with Crippen LogP contribution in [-0.2, 0) is 27.1 Å². The Kier molecular flexibility index (Phi) is 18.0. The number of nitrogens with zero attached hydrogens (tertiary/aromatic N) is 5. The normalized spacial score (nSPS) is 13.9. The highest BCUT2D eigenvalue weighted by molar-refractivity contribution is 7.00. The van der Waals surface area contributed by atoms with E-state index in [0.717, 1.165) is 112 Å². The molecule has 5 heterocycles. The third-order valence-electron chi connectivity index (χ3n) is 28.5.